The van der Waals surface area contributed by atoms with Crippen molar-refractivity contribution in [3.8, 4) is 23.0 Å². The molecule has 2 aromatic heterocycles. The molecule has 1 saturated heterocycles. The van der Waals surface area contributed by atoms with E-state index < -0.39 is 0 Å². The number of rotatable bonds is 6. The van der Waals surface area contributed by atoms with E-state index in [0.29, 0.717) is 43.2 Å². The van der Waals surface area contributed by atoms with Gasteiger partial charge in [0.1, 0.15) is 36.8 Å². The standard InChI is InChI=1S/C22H31N7O2/c1-15(2)26-21(25-14-23)18-12-29-8-9-30-19-10-20(24-11-17(19)22(29)27-18)31-13-16-6-4-5-7-28(16)3/h10-12,14-16H,4-9,13H2,1-3H3,(H2,23,25,26). The van der Waals surface area contributed by atoms with Crippen LogP contribution in [0.2, 0.25) is 0 Å². The van der Waals surface area contributed by atoms with Crippen LogP contribution in [0.1, 0.15) is 38.8 Å². The van der Waals surface area contributed by atoms with Gasteiger partial charge >= 0.3 is 0 Å². The second kappa shape index (κ2) is 9.47. The zero-order chi connectivity index (χ0) is 21.8. The number of imidazole rings is 1. The molecule has 0 aliphatic carbocycles. The first-order chi connectivity index (χ1) is 15.0. The van der Waals surface area contributed by atoms with Crippen molar-refractivity contribution in [1.82, 2.24) is 24.8 Å². The lowest BCUT2D eigenvalue weighted by Crippen LogP contribution is -2.40. The number of aromatic nitrogens is 3. The number of nitrogens with one attached hydrogen (secondary N) is 2. The maximum Gasteiger partial charge on any atom is 0.217 e. The Morgan fingerprint density at radius 3 is 3.06 bits per heavy atom. The number of nitrogens with zero attached hydrogens (tertiary/aromatic N) is 5. The number of piperidine rings is 1. The fourth-order valence-corrected chi connectivity index (χ4v) is 4.01. The molecular formula is C22H31N7O2. The first-order valence-electron chi connectivity index (χ1n) is 10.9. The van der Waals surface area contributed by atoms with Crippen molar-refractivity contribution in [3.63, 3.8) is 0 Å². The smallest absolute Gasteiger partial charge is 0.217 e. The van der Waals surface area contributed by atoms with E-state index in [1.807, 2.05) is 30.7 Å². The second-order valence-corrected chi connectivity index (χ2v) is 8.36. The van der Waals surface area contributed by atoms with Crippen molar-refractivity contribution >= 4 is 12.2 Å². The molecule has 0 spiro atoms. The Hall–Kier alpha value is -2.94. The predicted molar refractivity (Wildman–Crippen MR) is 120 cm³/mol. The van der Waals surface area contributed by atoms with Crippen LogP contribution in [-0.2, 0) is 6.54 Å². The molecule has 2 N–H and O–H groups in total. The minimum atomic E-state index is 0.181. The highest BCUT2D eigenvalue weighted by Gasteiger charge is 2.23. The SMILES string of the molecule is CC(C)N/C(=N\C=N)c1cn2c(n1)-c1cnc(OCC3CCCCN3C)cc1OCC2. The topological polar surface area (TPSA) is 101 Å². The number of amidine groups is 1. The molecule has 0 amide bonds. The van der Waals surface area contributed by atoms with Crippen LogP contribution in [0.15, 0.2) is 23.5 Å². The summed E-state index contributed by atoms with van der Waals surface area (Å²) in [5, 5.41) is 10.6. The van der Waals surface area contributed by atoms with Crippen LogP contribution in [0.3, 0.4) is 0 Å². The Balaban J connectivity index is 1.56. The summed E-state index contributed by atoms with van der Waals surface area (Å²) in [6.07, 6.45) is 8.40. The van der Waals surface area contributed by atoms with Crippen LogP contribution >= 0.6 is 0 Å². The van der Waals surface area contributed by atoms with E-state index in [1.165, 1.54) is 12.8 Å². The molecule has 1 fully saturated rings. The minimum Gasteiger partial charge on any atom is -0.491 e. The van der Waals surface area contributed by atoms with Crippen LogP contribution in [-0.4, -0.2) is 70.5 Å². The van der Waals surface area contributed by atoms with E-state index >= 15 is 0 Å². The van der Waals surface area contributed by atoms with Crippen LogP contribution < -0.4 is 14.8 Å². The summed E-state index contributed by atoms with van der Waals surface area (Å²) in [5.41, 5.74) is 1.52. The first-order valence-corrected chi connectivity index (χ1v) is 10.9. The predicted octanol–water partition coefficient (Wildman–Crippen LogP) is 2.55. The molecule has 9 nitrogen and oxygen atoms in total. The molecule has 4 rings (SSSR count). The third-order valence-corrected chi connectivity index (χ3v) is 5.65. The number of ether oxygens (including phenoxy) is 2. The third kappa shape index (κ3) is 4.87. The third-order valence-electron chi connectivity index (χ3n) is 5.65. The van der Waals surface area contributed by atoms with Gasteiger partial charge < -0.3 is 24.3 Å². The maximum absolute atomic E-state index is 7.36. The Bertz CT molecular complexity index is 953. The Morgan fingerprint density at radius 1 is 1.42 bits per heavy atom. The molecule has 0 saturated carbocycles. The highest BCUT2D eigenvalue weighted by Crippen LogP contribution is 2.33. The summed E-state index contributed by atoms with van der Waals surface area (Å²) in [7, 11) is 2.16. The van der Waals surface area contributed by atoms with Crippen LogP contribution in [0.4, 0.5) is 0 Å². The number of hydrogen-bond acceptors (Lipinski definition) is 6. The number of hydrogen-bond donors (Lipinski definition) is 2. The minimum absolute atomic E-state index is 0.181. The molecule has 2 aromatic rings. The number of likely N-dealkylation sites (N-methyl/N-ethyl adjacent to an activating group) is 1. The lowest BCUT2D eigenvalue weighted by Gasteiger charge is -2.31. The molecule has 2 aliphatic rings. The van der Waals surface area contributed by atoms with Crippen molar-refractivity contribution in [3.05, 3.63) is 24.2 Å². The molecule has 1 atom stereocenters. The monoisotopic (exact) mass is 425 g/mol. The molecule has 0 aromatic carbocycles. The van der Waals surface area contributed by atoms with Gasteiger partial charge in [-0.3, -0.25) is 5.41 Å². The molecule has 4 heterocycles. The Labute approximate surface area is 183 Å². The summed E-state index contributed by atoms with van der Waals surface area (Å²) >= 11 is 0. The molecule has 0 radical (unpaired) electrons. The van der Waals surface area contributed by atoms with Gasteiger partial charge in [0.2, 0.25) is 5.88 Å². The zero-order valence-corrected chi connectivity index (χ0v) is 18.5. The van der Waals surface area contributed by atoms with Gasteiger partial charge in [0.15, 0.2) is 5.84 Å². The van der Waals surface area contributed by atoms with Gasteiger partial charge in [0.05, 0.1) is 12.1 Å². The highest BCUT2D eigenvalue weighted by molar-refractivity contribution is 6.01. The number of aliphatic imine (C=N–C) groups is 1. The summed E-state index contributed by atoms with van der Waals surface area (Å²) < 4.78 is 14.0. The normalized spacial score (nSPS) is 19.2. The van der Waals surface area contributed by atoms with E-state index in [4.69, 9.17) is 19.9 Å². The molecule has 31 heavy (non-hydrogen) atoms. The number of fused-ring (bicyclic) bond motifs is 3. The lowest BCUT2D eigenvalue weighted by molar-refractivity contribution is 0.122. The van der Waals surface area contributed by atoms with Crippen molar-refractivity contribution in [1.29, 1.82) is 5.41 Å². The van der Waals surface area contributed by atoms with Gasteiger partial charge in [-0.15, -0.1) is 0 Å². The second-order valence-electron chi connectivity index (χ2n) is 8.36. The summed E-state index contributed by atoms with van der Waals surface area (Å²) in [6, 6.07) is 2.47. The lowest BCUT2D eigenvalue weighted by atomic mass is 10.0. The fourth-order valence-electron chi connectivity index (χ4n) is 4.01. The average Bonchev–Trinajstić information content (AvgIpc) is 3.09. The van der Waals surface area contributed by atoms with E-state index in [0.717, 1.165) is 36.4 Å². The highest BCUT2D eigenvalue weighted by atomic mass is 16.5. The van der Waals surface area contributed by atoms with Crippen molar-refractivity contribution in [2.75, 3.05) is 26.8 Å². The molecular weight excluding hydrogens is 394 g/mol. The van der Waals surface area contributed by atoms with Crippen molar-refractivity contribution in [2.45, 2.75) is 51.7 Å². The van der Waals surface area contributed by atoms with E-state index in [9.17, 15) is 0 Å². The van der Waals surface area contributed by atoms with Crippen molar-refractivity contribution in [2.24, 2.45) is 4.99 Å². The van der Waals surface area contributed by atoms with E-state index in [1.54, 1.807) is 6.20 Å². The van der Waals surface area contributed by atoms with E-state index in [2.05, 4.69) is 27.2 Å². The zero-order valence-electron chi connectivity index (χ0n) is 18.5. The molecule has 2 aliphatic heterocycles. The van der Waals surface area contributed by atoms with Gasteiger partial charge in [-0.1, -0.05) is 6.42 Å². The quantitative estimate of drug-likeness (QED) is 0.545. The number of pyridine rings is 1. The summed E-state index contributed by atoms with van der Waals surface area (Å²) in [6.45, 7) is 7.00. The first kappa shape index (κ1) is 21.3. The van der Waals surface area contributed by atoms with Gasteiger partial charge in [0, 0.05) is 30.5 Å². The van der Waals surface area contributed by atoms with Crippen LogP contribution in [0, 0.1) is 5.41 Å². The Morgan fingerprint density at radius 2 is 2.29 bits per heavy atom. The van der Waals surface area contributed by atoms with Crippen LogP contribution in [0.5, 0.6) is 11.6 Å². The molecule has 9 heteroatoms. The molecule has 166 valence electrons. The largest absolute Gasteiger partial charge is 0.491 e. The van der Waals surface area contributed by atoms with Gasteiger partial charge in [-0.05, 0) is 40.3 Å². The van der Waals surface area contributed by atoms with Crippen LogP contribution in [0.25, 0.3) is 11.4 Å². The van der Waals surface area contributed by atoms with Gasteiger partial charge in [0.25, 0.3) is 0 Å². The average molecular weight is 426 g/mol. The van der Waals surface area contributed by atoms with Gasteiger partial charge in [-0.2, -0.15) is 0 Å². The summed E-state index contributed by atoms with van der Waals surface area (Å²) in [4.78, 5) is 15.8. The summed E-state index contributed by atoms with van der Waals surface area (Å²) in [5.74, 6) is 2.65. The molecule has 1 unspecified atom stereocenters. The Kier molecular flexibility index (Phi) is 6.50. The van der Waals surface area contributed by atoms with Gasteiger partial charge in [-0.25, -0.2) is 15.0 Å². The fraction of sp³-hybridized carbons (Fsp3) is 0.545. The van der Waals surface area contributed by atoms with E-state index in [-0.39, 0.29) is 6.04 Å². The number of likely N-dealkylation sites (tertiary alicyclic amines) is 1. The molecule has 0 bridgehead atoms. The van der Waals surface area contributed by atoms with Crippen molar-refractivity contribution < 1.29 is 9.47 Å². The maximum atomic E-state index is 7.36.